The van der Waals surface area contributed by atoms with Crippen molar-refractivity contribution in [3.8, 4) is 5.75 Å². The zero-order valence-electron chi connectivity index (χ0n) is 7.40. The van der Waals surface area contributed by atoms with Crippen LogP contribution in [0.1, 0.15) is 17.3 Å². The van der Waals surface area contributed by atoms with Crippen molar-refractivity contribution in [1.82, 2.24) is 0 Å². The van der Waals surface area contributed by atoms with Crippen LogP contribution < -0.4 is 0 Å². The van der Waals surface area contributed by atoms with Crippen LogP contribution >= 0.6 is 15.9 Å². The van der Waals surface area contributed by atoms with E-state index in [1.54, 1.807) is 12.1 Å². The number of rotatable bonds is 1. The molecular weight excluding hydrogens is 252 g/mol. The Morgan fingerprint density at radius 2 is 1.71 bits per heavy atom. The first-order valence-corrected chi connectivity index (χ1v) is 4.41. The molecular formula is C9H9BrO4. The molecule has 14 heavy (non-hydrogen) atoms. The van der Waals surface area contributed by atoms with Crippen molar-refractivity contribution in [2.24, 2.45) is 0 Å². The molecule has 0 fully saturated rings. The summed E-state index contributed by atoms with van der Waals surface area (Å²) in [5, 5.41) is 17.3. The Hall–Kier alpha value is -1.36. The van der Waals surface area contributed by atoms with Crippen LogP contribution in [0.5, 0.6) is 5.75 Å². The molecule has 0 saturated heterocycles. The van der Waals surface area contributed by atoms with Gasteiger partial charge in [0.25, 0.3) is 0 Å². The number of carbonyl (C=O) groups excluding carboxylic acids is 1. The van der Waals surface area contributed by atoms with Crippen molar-refractivity contribution in [1.29, 1.82) is 0 Å². The van der Waals surface area contributed by atoms with E-state index in [0.29, 0.717) is 0 Å². The highest BCUT2D eigenvalue weighted by atomic mass is 79.9. The predicted molar refractivity (Wildman–Crippen MR) is 54.7 cm³/mol. The number of aromatic carboxylic acids is 1. The number of para-hydroxylation sites is 1. The highest BCUT2D eigenvalue weighted by molar-refractivity contribution is 9.18. The smallest absolute Gasteiger partial charge is 0.339 e. The third-order valence-corrected chi connectivity index (χ3v) is 1.13. The van der Waals surface area contributed by atoms with E-state index in [1.165, 1.54) is 19.1 Å². The normalized spacial score (nSPS) is 8.43. The van der Waals surface area contributed by atoms with Crippen LogP contribution in [0.15, 0.2) is 24.3 Å². The molecule has 0 atom stereocenters. The van der Waals surface area contributed by atoms with Gasteiger partial charge in [-0.25, -0.2) is 4.79 Å². The maximum Gasteiger partial charge on any atom is 0.339 e. The van der Waals surface area contributed by atoms with Gasteiger partial charge in [-0.05, 0) is 28.1 Å². The van der Waals surface area contributed by atoms with Gasteiger partial charge in [0, 0.05) is 6.92 Å². The van der Waals surface area contributed by atoms with E-state index in [0.717, 1.165) is 0 Å². The molecule has 0 amide bonds. The summed E-state index contributed by atoms with van der Waals surface area (Å²) in [4.78, 5) is 19.6. The maximum absolute atomic E-state index is 10.3. The second-order valence-electron chi connectivity index (χ2n) is 2.29. The number of halogens is 1. The predicted octanol–water partition coefficient (Wildman–Crippen LogP) is 2.02. The quantitative estimate of drug-likeness (QED) is 0.758. The van der Waals surface area contributed by atoms with Crippen LogP contribution in [0.25, 0.3) is 0 Å². The molecule has 1 rings (SSSR count). The summed E-state index contributed by atoms with van der Waals surface area (Å²) in [6, 6.07) is 5.81. The fourth-order valence-electron chi connectivity index (χ4n) is 0.654. The van der Waals surface area contributed by atoms with Gasteiger partial charge < -0.3 is 10.2 Å². The second kappa shape index (κ2) is 6.15. The summed E-state index contributed by atoms with van der Waals surface area (Å²) in [5.41, 5.74) is -0.0671. The first-order chi connectivity index (χ1) is 6.45. The number of benzene rings is 1. The third-order valence-electron chi connectivity index (χ3n) is 1.13. The molecule has 0 spiro atoms. The van der Waals surface area contributed by atoms with Crippen LogP contribution in [0.3, 0.4) is 0 Å². The summed E-state index contributed by atoms with van der Waals surface area (Å²) < 4.78 is -0.0208. The topological polar surface area (TPSA) is 74.6 Å². The van der Waals surface area contributed by atoms with Crippen LogP contribution in [0.2, 0.25) is 0 Å². The van der Waals surface area contributed by atoms with E-state index in [1.807, 2.05) is 0 Å². The molecule has 1 aromatic rings. The molecule has 0 saturated carbocycles. The van der Waals surface area contributed by atoms with Crippen LogP contribution in [0.4, 0.5) is 0 Å². The molecule has 0 radical (unpaired) electrons. The van der Waals surface area contributed by atoms with E-state index in [9.17, 15) is 9.59 Å². The minimum absolute atomic E-state index is 0.0208. The van der Waals surface area contributed by atoms with Crippen molar-refractivity contribution in [2.75, 3.05) is 0 Å². The lowest BCUT2D eigenvalue weighted by molar-refractivity contribution is -0.108. The maximum atomic E-state index is 10.3. The number of hydrogen-bond donors (Lipinski definition) is 2. The Morgan fingerprint density at radius 3 is 2.00 bits per heavy atom. The van der Waals surface area contributed by atoms with Gasteiger partial charge in [0.15, 0.2) is 4.69 Å². The number of carboxylic acid groups (broad SMARTS) is 1. The van der Waals surface area contributed by atoms with Crippen LogP contribution in [-0.4, -0.2) is 20.9 Å². The number of hydrogen-bond acceptors (Lipinski definition) is 3. The summed E-state index contributed by atoms with van der Waals surface area (Å²) in [6.45, 7) is 1.44. The van der Waals surface area contributed by atoms with Gasteiger partial charge in [0.05, 0.1) is 0 Å². The summed E-state index contributed by atoms with van der Waals surface area (Å²) >= 11 is 2.63. The Kier molecular flexibility index (Phi) is 5.55. The third kappa shape index (κ3) is 5.31. The number of carboxylic acids is 1. The minimum Gasteiger partial charge on any atom is -0.507 e. The molecule has 0 heterocycles. The largest absolute Gasteiger partial charge is 0.507 e. The van der Waals surface area contributed by atoms with E-state index in [2.05, 4.69) is 15.9 Å². The lowest BCUT2D eigenvalue weighted by atomic mass is 10.2. The average molecular weight is 261 g/mol. The Labute approximate surface area is 89.3 Å². The van der Waals surface area contributed by atoms with Crippen molar-refractivity contribution >= 4 is 26.6 Å². The molecule has 0 bridgehead atoms. The van der Waals surface area contributed by atoms with E-state index >= 15 is 0 Å². The van der Waals surface area contributed by atoms with Crippen molar-refractivity contribution in [3.05, 3.63) is 29.8 Å². The summed E-state index contributed by atoms with van der Waals surface area (Å²) in [6.07, 6.45) is 0. The van der Waals surface area contributed by atoms with Gasteiger partial charge in [-0.15, -0.1) is 0 Å². The van der Waals surface area contributed by atoms with Crippen molar-refractivity contribution in [2.45, 2.75) is 6.92 Å². The van der Waals surface area contributed by atoms with Gasteiger partial charge in [0.1, 0.15) is 11.3 Å². The molecule has 0 aliphatic rings. The van der Waals surface area contributed by atoms with Gasteiger partial charge in [-0.2, -0.15) is 0 Å². The summed E-state index contributed by atoms with van der Waals surface area (Å²) in [5.74, 6) is -1.31. The molecule has 76 valence electrons. The fourth-order valence-corrected chi connectivity index (χ4v) is 0.654. The molecule has 0 aliphatic heterocycles. The number of phenols is 1. The van der Waals surface area contributed by atoms with Gasteiger partial charge in [0.2, 0.25) is 0 Å². The lowest BCUT2D eigenvalue weighted by Crippen LogP contribution is -1.95. The first kappa shape index (κ1) is 12.6. The van der Waals surface area contributed by atoms with E-state index in [-0.39, 0.29) is 16.0 Å². The second-order valence-corrected chi connectivity index (χ2v) is 3.41. The number of aromatic hydroxyl groups is 1. The average Bonchev–Trinajstić information content (AvgIpc) is 2.03. The van der Waals surface area contributed by atoms with Crippen LogP contribution in [0, 0.1) is 0 Å². The molecule has 1 aromatic carbocycles. The zero-order valence-corrected chi connectivity index (χ0v) is 8.98. The Bertz CT molecular complexity index is 331. The van der Waals surface area contributed by atoms with Gasteiger partial charge >= 0.3 is 5.97 Å². The Morgan fingerprint density at radius 1 is 1.29 bits per heavy atom. The molecule has 4 nitrogen and oxygen atoms in total. The standard InChI is InChI=1S/C7H6O3.C2H3BrO/c8-6-4-2-1-3-5(6)7(9)10;1-2(3)4/h1-4,8H,(H,9,10);1H3. The highest BCUT2D eigenvalue weighted by Crippen LogP contribution is 2.14. The zero-order chi connectivity index (χ0) is 11.1. The SMILES string of the molecule is CC(=O)Br.O=C(O)c1ccccc1O. The van der Waals surface area contributed by atoms with Crippen molar-refractivity contribution in [3.63, 3.8) is 0 Å². The Balaban J connectivity index is 0.000000364. The number of carbonyl (C=O) groups is 2. The molecule has 0 unspecified atom stereocenters. The molecule has 5 heteroatoms. The monoisotopic (exact) mass is 260 g/mol. The molecule has 2 N–H and O–H groups in total. The van der Waals surface area contributed by atoms with E-state index < -0.39 is 5.97 Å². The fraction of sp³-hybridized carbons (Fsp3) is 0.111. The lowest BCUT2D eigenvalue weighted by Gasteiger charge is -1.95. The van der Waals surface area contributed by atoms with E-state index in [4.69, 9.17) is 10.2 Å². The molecule has 0 aliphatic carbocycles. The first-order valence-electron chi connectivity index (χ1n) is 3.62. The van der Waals surface area contributed by atoms with Gasteiger partial charge in [-0.3, -0.25) is 4.79 Å². The minimum atomic E-state index is -1.11. The molecule has 0 aromatic heterocycles. The van der Waals surface area contributed by atoms with Crippen molar-refractivity contribution < 1.29 is 19.8 Å². The van der Waals surface area contributed by atoms with Crippen LogP contribution in [-0.2, 0) is 4.79 Å². The van der Waals surface area contributed by atoms with Gasteiger partial charge in [-0.1, -0.05) is 12.1 Å². The summed E-state index contributed by atoms with van der Waals surface area (Å²) in [7, 11) is 0. The highest BCUT2D eigenvalue weighted by Gasteiger charge is 2.05.